The molecule has 2 nitrogen and oxygen atoms in total. The standard InChI is InChI=1S/C14H8Br2FNO/c15-7-10-5-11(16)2-4-14(10)19-12-3-1-9(8-18)13(17)6-12/h1-6H,7H2. The van der Waals surface area contributed by atoms with Gasteiger partial charge in [0.1, 0.15) is 23.4 Å². The number of rotatable bonds is 3. The summed E-state index contributed by atoms with van der Waals surface area (Å²) in [6.45, 7) is 0. The Hall–Kier alpha value is -1.38. The lowest BCUT2D eigenvalue weighted by atomic mass is 10.2. The minimum atomic E-state index is -0.586. The highest BCUT2D eigenvalue weighted by atomic mass is 79.9. The minimum Gasteiger partial charge on any atom is -0.457 e. The third-order valence-electron chi connectivity index (χ3n) is 2.46. The Morgan fingerprint density at radius 1 is 1.21 bits per heavy atom. The van der Waals surface area contributed by atoms with Crippen molar-refractivity contribution in [3.8, 4) is 17.6 Å². The number of hydrogen-bond donors (Lipinski definition) is 0. The lowest BCUT2D eigenvalue weighted by Gasteiger charge is -2.10. The van der Waals surface area contributed by atoms with Crippen LogP contribution in [0.2, 0.25) is 0 Å². The third kappa shape index (κ3) is 3.34. The lowest BCUT2D eigenvalue weighted by molar-refractivity contribution is 0.472. The van der Waals surface area contributed by atoms with Crippen molar-refractivity contribution >= 4 is 31.9 Å². The van der Waals surface area contributed by atoms with Crippen LogP contribution in [-0.4, -0.2) is 0 Å². The van der Waals surface area contributed by atoms with Crippen LogP contribution in [-0.2, 0) is 5.33 Å². The highest BCUT2D eigenvalue weighted by Crippen LogP contribution is 2.30. The van der Waals surface area contributed by atoms with Gasteiger partial charge < -0.3 is 4.74 Å². The fourth-order valence-electron chi connectivity index (χ4n) is 1.53. The molecule has 0 saturated heterocycles. The molecule has 0 amide bonds. The number of halogens is 3. The maximum Gasteiger partial charge on any atom is 0.144 e. The first-order chi connectivity index (χ1) is 9.13. The SMILES string of the molecule is N#Cc1ccc(Oc2ccc(Br)cc2CBr)cc1F. The van der Waals surface area contributed by atoms with E-state index >= 15 is 0 Å². The van der Waals surface area contributed by atoms with Crippen molar-refractivity contribution in [3.05, 3.63) is 57.8 Å². The maximum atomic E-state index is 13.5. The molecule has 2 aromatic rings. The Morgan fingerprint density at radius 3 is 2.63 bits per heavy atom. The summed E-state index contributed by atoms with van der Waals surface area (Å²) in [5.41, 5.74) is 0.947. The van der Waals surface area contributed by atoms with Gasteiger partial charge in [0, 0.05) is 21.4 Å². The topological polar surface area (TPSA) is 33.0 Å². The summed E-state index contributed by atoms with van der Waals surface area (Å²) in [6, 6.07) is 11.5. The molecule has 0 heterocycles. The van der Waals surface area contributed by atoms with Crippen LogP contribution in [0, 0.1) is 17.1 Å². The van der Waals surface area contributed by atoms with Crippen molar-refractivity contribution in [2.45, 2.75) is 5.33 Å². The molecule has 0 aliphatic heterocycles. The smallest absolute Gasteiger partial charge is 0.144 e. The van der Waals surface area contributed by atoms with E-state index in [1.165, 1.54) is 12.1 Å². The van der Waals surface area contributed by atoms with Gasteiger partial charge >= 0.3 is 0 Å². The van der Waals surface area contributed by atoms with Crippen molar-refractivity contribution in [2.24, 2.45) is 0 Å². The quantitative estimate of drug-likeness (QED) is 0.685. The maximum absolute atomic E-state index is 13.5. The number of benzene rings is 2. The van der Waals surface area contributed by atoms with E-state index in [-0.39, 0.29) is 5.56 Å². The number of alkyl halides is 1. The normalized spacial score (nSPS) is 10.0. The number of ether oxygens (including phenoxy) is 1. The van der Waals surface area contributed by atoms with Gasteiger partial charge in [-0.1, -0.05) is 31.9 Å². The van der Waals surface area contributed by atoms with Crippen molar-refractivity contribution in [3.63, 3.8) is 0 Å². The highest BCUT2D eigenvalue weighted by Gasteiger charge is 2.07. The van der Waals surface area contributed by atoms with E-state index in [4.69, 9.17) is 10.00 Å². The van der Waals surface area contributed by atoms with Gasteiger partial charge in [0.25, 0.3) is 0 Å². The lowest BCUT2D eigenvalue weighted by Crippen LogP contribution is -1.91. The van der Waals surface area contributed by atoms with Gasteiger partial charge in [-0.2, -0.15) is 5.26 Å². The minimum absolute atomic E-state index is 0.00358. The first-order valence-corrected chi connectivity index (χ1v) is 7.27. The number of hydrogen-bond acceptors (Lipinski definition) is 2. The van der Waals surface area contributed by atoms with Crippen molar-refractivity contribution in [1.29, 1.82) is 5.26 Å². The predicted octanol–water partition coefficient (Wildman–Crippen LogP) is 5.15. The monoisotopic (exact) mass is 383 g/mol. The van der Waals surface area contributed by atoms with E-state index in [0.717, 1.165) is 10.0 Å². The van der Waals surface area contributed by atoms with Gasteiger partial charge in [0.15, 0.2) is 0 Å². The summed E-state index contributed by atoms with van der Waals surface area (Å²) in [7, 11) is 0. The van der Waals surface area contributed by atoms with Crippen molar-refractivity contribution in [1.82, 2.24) is 0 Å². The van der Waals surface area contributed by atoms with E-state index < -0.39 is 5.82 Å². The summed E-state index contributed by atoms with van der Waals surface area (Å²) in [6.07, 6.45) is 0. The van der Waals surface area contributed by atoms with E-state index in [9.17, 15) is 4.39 Å². The number of nitriles is 1. The van der Waals surface area contributed by atoms with Crippen LogP contribution in [0.5, 0.6) is 11.5 Å². The Bertz CT molecular complexity index is 652. The van der Waals surface area contributed by atoms with Crippen LogP contribution in [0.25, 0.3) is 0 Å². The zero-order valence-corrected chi connectivity index (χ0v) is 12.8. The Labute approximate surface area is 127 Å². The molecule has 0 radical (unpaired) electrons. The van der Waals surface area contributed by atoms with Gasteiger partial charge in [-0.25, -0.2) is 4.39 Å². The second-order valence-electron chi connectivity index (χ2n) is 3.74. The van der Waals surface area contributed by atoms with Gasteiger partial charge in [0.05, 0.1) is 5.56 Å². The molecule has 0 N–H and O–H groups in total. The van der Waals surface area contributed by atoms with Crippen LogP contribution in [0.1, 0.15) is 11.1 Å². The number of nitrogens with zero attached hydrogens (tertiary/aromatic N) is 1. The van der Waals surface area contributed by atoms with Crippen LogP contribution in [0.15, 0.2) is 40.9 Å². The molecule has 0 aromatic heterocycles. The summed E-state index contributed by atoms with van der Waals surface area (Å²) >= 11 is 6.76. The molecule has 0 aliphatic carbocycles. The molecule has 0 fully saturated rings. The van der Waals surface area contributed by atoms with Gasteiger partial charge in [-0.05, 0) is 30.3 Å². The van der Waals surface area contributed by atoms with Crippen LogP contribution in [0.3, 0.4) is 0 Å². The van der Waals surface area contributed by atoms with E-state index in [1.807, 2.05) is 12.1 Å². The Kier molecular flexibility index (Phi) is 4.56. The molecular weight excluding hydrogens is 377 g/mol. The summed E-state index contributed by atoms with van der Waals surface area (Å²) in [5.74, 6) is 0.419. The molecule has 2 aromatic carbocycles. The van der Waals surface area contributed by atoms with E-state index in [0.29, 0.717) is 16.8 Å². The predicted molar refractivity (Wildman–Crippen MR) is 78.0 cm³/mol. The zero-order valence-electron chi connectivity index (χ0n) is 9.66. The van der Waals surface area contributed by atoms with Gasteiger partial charge in [0.2, 0.25) is 0 Å². The van der Waals surface area contributed by atoms with Crippen molar-refractivity contribution < 1.29 is 9.13 Å². The Balaban J connectivity index is 2.31. The van der Waals surface area contributed by atoms with Gasteiger partial charge in [-0.3, -0.25) is 0 Å². The molecule has 0 aliphatic rings. The first-order valence-electron chi connectivity index (χ1n) is 5.36. The Morgan fingerprint density at radius 2 is 2.00 bits per heavy atom. The van der Waals surface area contributed by atoms with Gasteiger partial charge in [-0.15, -0.1) is 0 Å². The summed E-state index contributed by atoms with van der Waals surface area (Å²) in [4.78, 5) is 0. The molecule has 0 spiro atoms. The highest BCUT2D eigenvalue weighted by molar-refractivity contribution is 9.10. The summed E-state index contributed by atoms with van der Waals surface area (Å²) in [5, 5.41) is 9.30. The fraction of sp³-hybridized carbons (Fsp3) is 0.0714. The van der Waals surface area contributed by atoms with E-state index in [2.05, 4.69) is 31.9 Å². The molecule has 0 bridgehead atoms. The largest absolute Gasteiger partial charge is 0.457 e. The van der Waals surface area contributed by atoms with Crippen LogP contribution in [0.4, 0.5) is 4.39 Å². The molecule has 5 heteroatoms. The first kappa shape index (κ1) is 14.0. The average Bonchev–Trinajstić information content (AvgIpc) is 2.41. The summed E-state index contributed by atoms with van der Waals surface area (Å²) < 4.78 is 20.1. The third-order valence-corrected chi connectivity index (χ3v) is 3.55. The molecule has 0 unspecified atom stereocenters. The fourth-order valence-corrected chi connectivity index (χ4v) is 2.38. The second-order valence-corrected chi connectivity index (χ2v) is 5.22. The van der Waals surface area contributed by atoms with Crippen molar-refractivity contribution in [2.75, 3.05) is 0 Å². The molecular formula is C14H8Br2FNO. The van der Waals surface area contributed by atoms with Crippen LogP contribution < -0.4 is 4.74 Å². The zero-order chi connectivity index (χ0) is 13.8. The second kappa shape index (κ2) is 6.18. The average molecular weight is 385 g/mol. The molecule has 0 saturated carbocycles. The molecule has 2 rings (SSSR count). The molecule has 19 heavy (non-hydrogen) atoms. The molecule has 0 atom stereocenters. The van der Waals surface area contributed by atoms with Crippen LogP contribution >= 0.6 is 31.9 Å². The van der Waals surface area contributed by atoms with E-state index in [1.54, 1.807) is 18.2 Å². The molecule has 96 valence electrons.